The average Bonchev–Trinajstić information content (AvgIpc) is 2.61. The van der Waals surface area contributed by atoms with Crippen LogP contribution in [0.2, 0.25) is 0 Å². The van der Waals surface area contributed by atoms with Gasteiger partial charge in [0, 0.05) is 12.6 Å². The van der Waals surface area contributed by atoms with E-state index in [9.17, 15) is 4.79 Å². The normalized spacial score (nSPS) is 22.2. The summed E-state index contributed by atoms with van der Waals surface area (Å²) in [6.45, 7) is 7.92. The lowest BCUT2D eigenvalue weighted by Crippen LogP contribution is -2.38. The molecule has 4 heteroatoms. The van der Waals surface area contributed by atoms with Gasteiger partial charge in [0.2, 0.25) is 0 Å². The second-order valence-electron chi connectivity index (χ2n) is 5.23. The van der Waals surface area contributed by atoms with Crippen molar-refractivity contribution in [2.24, 2.45) is 5.92 Å². The number of hydrogen-bond donors (Lipinski definition) is 1. The number of hydrogen-bond acceptors (Lipinski definition) is 3. The summed E-state index contributed by atoms with van der Waals surface area (Å²) in [6, 6.07) is 0.420. The minimum Gasteiger partial charge on any atom is -0.480 e. The van der Waals surface area contributed by atoms with Crippen molar-refractivity contribution >= 4 is 5.97 Å². The molecule has 1 N–H and O–H groups in total. The van der Waals surface area contributed by atoms with E-state index in [4.69, 9.17) is 5.11 Å². The van der Waals surface area contributed by atoms with Crippen molar-refractivity contribution in [3.05, 3.63) is 0 Å². The molecule has 1 saturated heterocycles. The molecule has 0 amide bonds. The molecular formula is C12H24N2O2. The van der Waals surface area contributed by atoms with Crippen LogP contribution in [0.3, 0.4) is 0 Å². The Bertz CT molecular complexity index is 231. The van der Waals surface area contributed by atoms with E-state index in [-0.39, 0.29) is 6.54 Å². The Morgan fingerprint density at radius 3 is 2.81 bits per heavy atom. The fourth-order valence-electron chi connectivity index (χ4n) is 2.16. The fraction of sp³-hybridized carbons (Fsp3) is 0.917. The highest BCUT2D eigenvalue weighted by atomic mass is 16.4. The van der Waals surface area contributed by atoms with E-state index in [1.54, 1.807) is 0 Å². The molecule has 0 aromatic rings. The molecule has 0 spiro atoms. The Morgan fingerprint density at radius 1 is 1.56 bits per heavy atom. The summed E-state index contributed by atoms with van der Waals surface area (Å²) in [7, 11) is 1.91. The zero-order valence-corrected chi connectivity index (χ0v) is 10.6. The second-order valence-corrected chi connectivity index (χ2v) is 5.23. The number of carboxylic acid groups (broad SMARTS) is 1. The summed E-state index contributed by atoms with van der Waals surface area (Å²) in [5.74, 6) is 0.0129. The Kier molecular flexibility index (Phi) is 5.22. The third kappa shape index (κ3) is 4.49. The first-order valence-corrected chi connectivity index (χ1v) is 6.13. The summed E-state index contributed by atoms with van der Waals surface area (Å²) in [5, 5.41) is 8.73. The summed E-state index contributed by atoms with van der Waals surface area (Å²) in [4.78, 5) is 15.0. The third-order valence-corrected chi connectivity index (χ3v) is 3.28. The van der Waals surface area contributed by atoms with Crippen molar-refractivity contribution in [2.45, 2.75) is 32.7 Å². The SMILES string of the molecule is CC(C)CCN1CCC(N(C)CC(=O)O)C1. The number of likely N-dealkylation sites (N-methyl/N-ethyl adjacent to an activating group) is 1. The summed E-state index contributed by atoms with van der Waals surface area (Å²) >= 11 is 0. The van der Waals surface area contributed by atoms with Gasteiger partial charge in [-0.25, -0.2) is 0 Å². The van der Waals surface area contributed by atoms with E-state index in [1.807, 2.05) is 11.9 Å². The van der Waals surface area contributed by atoms with Gasteiger partial charge in [-0.15, -0.1) is 0 Å². The summed E-state index contributed by atoms with van der Waals surface area (Å²) in [5.41, 5.74) is 0. The van der Waals surface area contributed by atoms with Gasteiger partial charge in [0.05, 0.1) is 6.54 Å². The monoisotopic (exact) mass is 228 g/mol. The first-order valence-electron chi connectivity index (χ1n) is 6.13. The highest BCUT2D eigenvalue weighted by Crippen LogP contribution is 2.15. The quantitative estimate of drug-likeness (QED) is 0.740. The number of aliphatic carboxylic acids is 1. The average molecular weight is 228 g/mol. The highest BCUT2D eigenvalue weighted by Gasteiger charge is 2.26. The molecule has 0 bridgehead atoms. The van der Waals surface area contributed by atoms with Crippen molar-refractivity contribution in [3.8, 4) is 0 Å². The standard InChI is InChI=1S/C12H24N2O2/c1-10(2)4-6-14-7-5-11(8-14)13(3)9-12(15)16/h10-11H,4-9H2,1-3H3,(H,15,16). The van der Waals surface area contributed by atoms with E-state index in [2.05, 4.69) is 18.7 Å². The third-order valence-electron chi connectivity index (χ3n) is 3.28. The maximum Gasteiger partial charge on any atom is 0.317 e. The minimum absolute atomic E-state index is 0.155. The highest BCUT2D eigenvalue weighted by molar-refractivity contribution is 5.69. The van der Waals surface area contributed by atoms with Gasteiger partial charge in [-0.1, -0.05) is 13.8 Å². The molecule has 94 valence electrons. The zero-order chi connectivity index (χ0) is 12.1. The molecule has 4 nitrogen and oxygen atoms in total. The Labute approximate surface area is 98.2 Å². The first kappa shape index (κ1) is 13.5. The topological polar surface area (TPSA) is 43.8 Å². The van der Waals surface area contributed by atoms with E-state index in [0.29, 0.717) is 6.04 Å². The van der Waals surface area contributed by atoms with Crippen LogP contribution in [0.1, 0.15) is 26.7 Å². The molecule has 1 fully saturated rings. The molecule has 0 aromatic carbocycles. The molecule has 1 unspecified atom stereocenters. The number of rotatable bonds is 6. The van der Waals surface area contributed by atoms with Gasteiger partial charge in [-0.05, 0) is 38.9 Å². The van der Waals surface area contributed by atoms with Crippen LogP contribution in [0, 0.1) is 5.92 Å². The maximum atomic E-state index is 10.6. The van der Waals surface area contributed by atoms with E-state index >= 15 is 0 Å². The van der Waals surface area contributed by atoms with Gasteiger partial charge in [-0.2, -0.15) is 0 Å². The second kappa shape index (κ2) is 6.21. The van der Waals surface area contributed by atoms with Gasteiger partial charge in [0.25, 0.3) is 0 Å². The van der Waals surface area contributed by atoms with Crippen LogP contribution < -0.4 is 0 Å². The molecule has 1 aliphatic heterocycles. The molecule has 1 heterocycles. The fourth-order valence-corrected chi connectivity index (χ4v) is 2.16. The summed E-state index contributed by atoms with van der Waals surface area (Å²) in [6.07, 6.45) is 2.33. The van der Waals surface area contributed by atoms with Gasteiger partial charge in [-0.3, -0.25) is 9.69 Å². The number of carbonyl (C=O) groups is 1. The predicted octanol–water partition coefficient (Wildman–Crippen LogP) is 1.12. The van der Waals surface area contributed by atoms with Crippen LogP contribution in [-0.4, -0.2) is 60.1 Å². The van der Waals surface area contributed by atoms with Gasteiger partial charge in [0.15, 0.2) is 0 Å². The number of nitrogens with zero attached hydrogens (tertiary/aromatic N) is 2. The Hall–Kier alpha value is -0.610. The first-order chi connectivity index (χ1) is 7.49. The van der Waals surface area contributed by atoms with Crippen LogP contribution in [0.4, 0.5) is 0 Å². The van der Waals surface area contributed by atoms with Crippen LogP contribution in [0.5, 0.6) is 0 Å². The van der Waals surface area contributed by atoms with Crippen molar-refractivity contribution in [1.82, 2.24) is 9.80 Å². The van der Waals surface area contributed by atoms with Crippen molar-refractivity contribution in [1.29, 1.82) is 0 Å². The lowest BCUT2D eigenvalue weighted by Gasteiger charge is -2.23. The predicted molar refractivity (Wildman–Crippen MR) is 64.6 cm³/mol. The van der Waals surface area contributed by atoms with Gasteiger partial charge in [0.1, 0.15) is 0 Å². The Morgan fingerprint density at radius 2 is 2.25 bits per heavy atom. The smallest absolute Gasteiger partial charge is 0.317 e. The van der Waals surface area contributed by atoms with Crippen LogP contribution in [0.15, 0.2) is 0 Å². The van der Waals surface area contributed by atoms with E-state index in [0.717, 1.165) is 32.0 Å². The molecule has 1 rings (SSSR count). The maximum absolute atomic E-state index is 10.6. The lowest BCUT2D eigenvalue weighted by molar-refractivity contribution is -0.138. The van der Waals surface area contributed by atoms with Crippen LogP contribution in [0.25, 0.3) is 0 Å². The van der Waals surface area contributed by atoms with Crippen LogP contribution >= 0.6 is 0 Å². The summed E-state index contributed by atoms with van der Waals surface area (Å²) < 4.78 is 0. The van der Waals surface area contributed by atoms with Crippen molar-refractivity contribution in [3.63, 3.8) is 0 Å². The molecule has 0 radical (unpaired) electrons. The zero-order valence-electron chi connectivity index (χ0n) is 10.6. The number of likely N-dealkylation sites (tertiary alicyclic amines) is 1. The van der Waals surface area contributed by atoms with Gasteiger partial charge >= 0.3 is 5.97 Å². The number of carboxylic acids is 1. The minimum atomic E-state index is -0.733. The Balaban J connectivity index is 2.26. The van der Waals surface area contributed by atoms with E-state index in [1.165, 1.54) is 6.42 Å². The molecule has 0 aromatic heterocycles. The molecule has 16 heavy (non-hydrogen) atoms. The van der Waals surface area contributed by atoms with Crippen LogP contribution in [-0.2, 0) is 4.79 Å². The molecule has 0 saturated carbocycles. The largest absolute Gasteiger partial charge is 0.480 e. The van der Waals surface area contributed by atoms with E-state index < -0.39 is 5.97 Å². The molecular weight excluding hydrogens is 204 g/mol. The molecule has 1 atom stereocenters. The van der Waals surface area contributed by atoms with Crippen molar-refractivity contribution in [2.75, 3.05) is 33.2 Å². The van der Waals surface area contributed by atoms with Crippen molar-refractivity contribution < 1.29 is 9.90 Å². The lowest BCUT2D eigenvalue weighted by atomic mass is 10.1. The molecule has 0 aliphatic carbocycles. The molecule has 1 aliphatic rings. The van der Waals surface area contributed by atoms with Gasteiger partial charge < -0.3 is 10.0 Å².